The number of hydrogen-bond donors (Lipinski definition) is 1. The molecule has 0 aliphatic rings. The van der Waals surface area contributed by atoms with Crippen LogP contribution in [-0.4, -0.2) is 16.0 Å². The molecule has 2 rings (SSSR count). The zero-order chi connectivity index (χ0) is 13.1. The van der Waals surface area contributed by atoms with E-state index in [0.717, 1.165) is 5.69 Å². The Morgan fingerprint density at radius 2 is 2.17 bits per heavy atom. The number of nitrogens with two attached hydrogens (primary N) is 1. The van der Waals surface area contributed by atoms with Gasteiger partial charge in [0.2, 0.25) is 0 Å². The Bertz CT molecular complexity index is 558. The highest BCUT2D eigenvalue weighted by molar-refractivity contribution is 6.31. The number of rotatable bonds is 3. The Morgan fingerprint density at radius 3 is 2.83 bits per heavy atom. The maximum Gasteiger partial charge on any atom is 0.159 e. The van der Waals surface area contributed by atoms with Crippen LogP contribution in [0, 0.1) is 5.82 Å². The van der Waals surface area contributed by atoms with Gasteiger partial charge in [0.25, 0.3) is 0 Å². The summed E-state index contributed by atoms with van der Waals surface area (Å²) >= 11 is 5.74. The lowest BCUT2D eigenvalue weighted by atomic mass is 10.1. The number of halogens is 2. The summed E-state index contributed by atoms with van der Waals surface area (Å²) in [5, 5.41) is 0.0636. The molecule has 0 amide bonds. The Kier molecular flexibility index (Phi) is 3.89. The standard InChI is InChI=1S/C13H13ClFN3/c1-8(16)6-10-4-5-17-13(18-10)9-2-3-12(15)11(14)7-9/h2-5,7-8H,6,16H2,1H3. The van der Waals surface area contributed by atoms with Crippen molar-refractivity contribution in [2.45, 2.75) is 19.4 Å². The van der Waals surface area contributed by atoms with Crippen molar-refractivity contribution >= 4 is 11.6 Å². The van der Waals surface area contributed by atoms with Crippen LogP contribution in [0.4, 0.5) is 4.39 Å². The van der Waals surface area contributed by atoms with Crippen LogP contribution in [0.2, 0.25) is 5.02 Å². The smallest absolute Gasteiger partial charge is 0.159 e. The number of nitrogens with zero attached hydrogens (tertiary/aromatic N) is 2. The fourth-order valence-corrected chi connectivity index (χ4v) is 1.79. The topological polar surface area (TPSA) is 51.8 Å². The van der Waals surface area contributed by atoms with Gasteiger partial charge in [-0.15, -0.1) is 0 Å². The van der Waals surface area contributed by atoms with E-state index >= 15 is 0 Å². The number of benzene rings is 1. The van der Waals surface area contributed by atoms with E-state index in [-0.39, 0.29) is 11.1 Å². The van der Waals surface area contributed by atoms with Crippen molar-refractivity contribution in [1.29, 1.82) is 0 Å². The summed E-state index contributed by atoms with van der Waals surface area (Å²) < 4.78 is 13.1. The molecule has 3 nitrogen and oxygen atoms in total. The third kappa shape index (κ3) is 3.03. The van der Waals surface area contributed by atoms with Gasteiger partial charge in [0.15, 0.2) is 5.82 Å². The second kappa shape index (κ2) is 5.42. The summed E-state index contributed by atoms with van der Waals surface area (Å²) in [6.45, 7) is 1.91. The van der Waals surface area contributed by atoms with E-state index in [1.807, 2.05) is 13.0 Å². The van der Waals surface area contributed by atoms with E-state index < -0.39 is 5.82 Å². The third-order valence-corrected chi connectivity index (χ3v) is 2.71. The molecular weight excluding hydrogens is 253 g/mol. The maximum absolute atomic E-state index is 13.1. The normalized spacial score (nSPS) is 12.4. The molecular formula is C13H13ClFN3. The molecule has 0 fully saturated rings. The van der Waals surface area contributed by atoms with E-state index in [1.165, 1.54) is 12.1 Å². The molecule has 1 unspecified atom stereocenters. The molecule has 5 heteroatoms. The van der Waals surface area contributed by atoms with E-state index in [1.54, 1.807) is 12.3 Å². The van der Waals surface area contributed by atoms with E-state index in [9.17, 15) is 4.39 Å². The van der Waals surface area contributed by atoms with E-state index in [2.05, 4.69) is 9.97 Å². The van der Waals surface area contributed by atoms with Crippen LogP contribution in [0.3, 0.4) is 0 Å². The minimum atomic E-state index is -0.452. The Morgan fingerprint density at radius 1 is 1.39 bits per heavy atom. The van der Waals surface area contributed by atoms with Gasteiger partial charge in [-0.2, -0.15) is 0 Å². The highest BCUT2D eigenvalue weighted by Gasteiger charge is 2.07. The van der Waals surface area contributed by atoms with Gasteiger partial charge in [0, 0.05) is 29.9 Å². The molecule has 0 bridgehead atoms. The van der Waals surface area contributed by atoms with E-state index in [0.29, 0.717) is 17.8 Å². The molecule has 0 saturated heterocycles. The summed E-state index contributed by atoms with van der Waals surface area (Å²) in [7, 11) is 0. The average Bonchev–Trinajstić information content (AvgIpc) is 2.32. The zero-order valence-corrected chi connectivity index (χ0v) is 10.7. The summed E-state index contributed by atoms with van der Waals surface area (Å²) in [4.78, 5) is 8.54. The Balaban J connectivity index is 2.35. The van der Waals surface area contributed by atoms with Crippen LogP contribution < -0.4 is 5.73 Å². The zero-order valence-electron chi connectivity index (χ0n) is 9.90. The largest absolute Gasteiger partial charge is 0.328 e. The van der Waals surface area contributed by atoms with Crippen molar-refractivity contribution in [3.8, 4) is 11.4 Å². The minimum Gasteiger partial charge on any atom is -0.328 e. The first-order chi connectivity index (χ1) is 8.56. The average molecular weight is 266 g/mol. The molecule has 0 radical (unpaired) electrons. The predicted octanol–water partition coefficient (Wildman–Crippen LogP) is 2.83. The fourth-order valence-electron chi connectivity index (χ4n) is 1.61. The lowest BCUT2D eigenvalue weighted by Gasteiger charge is -2.06. The molecule has 1 aromatic heterocycles. The SMILES string of the molecule is CC(N)Cc1ccnc(-c2ccc(F)c(Cl)c2)n1. The van der Waals surface area contributed by atoms with Gasteiger partial charge in [-0.3, -0.25) is 0 Å². The molecule has 0 saturated carbocycles. The minimum absolute atomic E-state index is 0.0320. The summed E-state index contributed by atoms with van der Waals surface area (Å²) in [6, 6.07) is 6.27. The number of hydrogen-bond acceptors (Lipinski definition) is 3. The molecule has 0 spiro atoms. The van der Waals surface area contributed by atoms with Crippen LogP contribution in [0.25, 0.3) is 11.4 Å². The van der Waals surface area contributed by atoms with Crippen molar-refractivity contribution in [3.63, 3.8) is 0 Å². The molecule has 1 aromatic carbocycles. The molecule has 2 N–H and O–H groups in total. The second-order valence-electron chi connectivity index (χ2n) is 4.18. The van der Waals surface area contributed by atoms with Crippen LogP contribution in [-0.2, 0) is 6.42 Å². The van der Waals surface area contributed by atoms with Gasteiger partial charge in [0.1, 0.15) is 5.82 Å². The number of aromatic nitrogens is 2. The Hall–Kier alpha value is -1.52. The third-order valence-electron chi connectivity index (χ3n) is 2.42. The van der Waals surface area contributed by atoms with Crippen molar-refractivity contribution in [2.24, 2.45) is 5.73 Å². The van der Waals surface area contributed by atoms with Crippen LogP contribution in [0.5, 0.6) is 0 Å². The van der Waals surface area contributed by atoms with Gasteiger partial charge in [-0.05, 0) is 31.2 Å². The lowest BCUT2D eigenvalue weighted by molar-refractivity contribution is 0.628. The summed E-state index contributed by atoms with van der Waals surface area (Å²) in [6.07, 6.45) is 2.34. The molecule has 0 aliphatic carbocycles. The molecule has 1 atom stereocenters. The monoisotopic (exact) mass is 265 g/mol. The van der Waals surface area contributed by atoms with E-state index in [4.69, 9.17) is 17.3 Å². The molecule has 0 aliphatic heterocycles. The summed E-state index contributed by atoms with van der Waals surface area (Å²) in [5.41, 5.74) is 7.27. The van der Waals surface area contributed by atoms with Crippen molar-refractivity contribution in [2.75, 3.05) is 0 Å². The fraction of sp³-hybridized carbons (Fsp3) is 0.231. The first kappa shape index (κ1) is 12.9. The second-order valence-corrected chi connectivity index (χ2v) is 4.59. The van der Waals surface area contributed by atoms with Crippen LogP contribution >= 0.6 is 11.6 Å². The first-order valence-corrected chi connectivity index (χ1v) is 5.97. The van der Waals surface area contributed by atoms with Gasteiger partial charge in [-0.1, -0.05) is 11.6 Å². The van der Waals surface area contributed by atoms with Crippen LogP contribution in [0.1, 0.15) is 12.6 Å². The molecule has 18 heavy (non-hydrogen) atoms. The van der Waals surface area contributed by atoms with Crippen molar-refractivity contribution in [3.05, 3.63) is 47.0 Å². The summed E-state index contributed by atoms with van der Waals surface area (Å²) in [5.74, 6) is 0.0715. The molecule has 94 valence electrons. The first-order valence-electron chi connectivity index (χ1n) is 5.59. The van der Waals surface area contributed by atoms with Crippen molar-refractivity contribution in [1.82, 2.24) is 9.97 Å². The van der Waals surface area contributed by atoms with Gasteiger partial charge in [0.05, 0.1) is 5.02 Å². The van der Waals surface area contributed by atoms with Gasteiger partial charge < -0.3 is 5.73 Å². The quantitative estimate of drug-likeness (QED) is 0.928. The maximum atomic E-state index is 13.1. The van der Waals surface area contributed by atoms with Gasteiger partial charge in [-0.25, -0.2) is 14.4 Å². The van der Waals surface area contributed by atoms with Gasteiger partial charge >= 0.3 is 0 Å². The van der Waals surface area contributed by atoms with Crippen LogP contribution in [0.15, 0.2) is 30.5 Å². The van der Waals surface area contributed by atoms with Crippen molar-refractivity contribution < 1.29 is 4.39 Å². The highest BCUT2D eigenvalue weighted by Crippen LogP contribution is 2.22. The Labute approximate surface area is 110 Å². The molecule has 2 aromatic rings. The highest BCUT2D eigenvalue weighted by atomic mass is 35.5. The lowest BCUT2D eigenvalue weighted by Crippen LogP contribution is -2.18. The predicted molar refractivity (Wildman–Crippen MR) is 69.8 cm³/mol. The molecule has 1 heterocycles.